The van der Waals surface area contributed by atoms with Gasteiger partial charge in [0.2, 0.25) is 0 Å². The molecule has 12 heavy (non-hydrogen) atoms. The number of hydrogen-bond acceptors (Lipinski definition) is 3. The normalized spacial score (nSPS) is 13.8. The van der Waals surface area contributed by atoms with Crippen LogP contribution in [0.2, 0.25) is 0 Å². The summed E-state index contributed by atoms with van der Waals surface area (Å²) >= 11 is 0. The highest BCUT2D eigenvalue weighted by atomic mass is 16.3. The molecule has 1 atom stereocenters. The highest BCUT2D eigenvalue weighted by Gasteiger charge is 2.16. The first-order chi connectivity index (χ1) is 5.76. The van der Waals surface area contributed by atoms with E-state index in [4.69, 9.17) is 10.2 Å². The van der Waals surface area contributed by atoms with Gasteiger partial charge in [-0.25, -0.2) is 0 Å². The molecule has 0 rings (SSSR count). The average Bonchev–Trinajstić information content (AvgIpc) is 2.07. The second kappa shape index (κ2) is 7.53. The van der Waals surface area contributed by atoms with Gasteiger partial charge < -0.3 is 15.3 Å². The summed E-state index contributed by atoms with van der Waals surface area (Å²) in [6.07, 6.45) is 3.32. The van der Waals surface area contributed by atoms with Gasteiger partial charge in [-0.15, -0.1) is 0 Å². The first-order valence-electron chi connectivity index (χ1n) is 4.66. The molecular weight excluding hydrogens is 156 g/mol. The molecule has 0 aromatic rings. The second-order valence-corrected chi connectivity index (χ2v) is 3.19. The summed E-state index contributed by atoms with van der Waals surface area (Å²) in [5.74, 6) is -0.359. The quantitative estimate of drug-likeness (QED) is 0.496. The highest BCUT2D eigenvalue weighted by Crippen LogP contribution is 2.10. The Morgan fingerprint density at radius 3 is 2.08 bits per heavy atom. The molecule has 0 saturated heterocycles. The van der Waals surface area contributed by atoms with E-state index in [-0.39, 0.29) is 19.1 Å². The molecule has 0 radical (unpaired) electrons. The molecule has 0 aromatic carbocycles. The van der Waals surface area contributed by atoms with E-state index in [9.17, 15) is 5.11 Å². The minimum Gasteiger partial charge on any atom is -0.396 e. The molecular formula is C9H20O3. The molecule has 0 saturated carbocycles. The maximum atomic E-state index is 9.42. The Labute approximate surface area is 74.0 Å². The van der Waals surface area contributed by atoms with Crippen molar-refractivity contribution in [1.29, 1.82) is 0 Å². The summed E-state index contributed by atoms with van der Waals surface area (Å²) in [4.78, 5) is 0. The van der Waals surface area contributed by atoms with Crippen LogP contribution in [-0.2, 0) is 0 Å². The van der Waals surface area contributed by atoms with Crippen LogP contribution < -0.4 is 0 Å². The van der Waals surface area contributed by atoms with Gasteiger partial charge in [0.1, 0.15) is 0 Å². The van der Waals surface area contributed by atoms with Crippen molar-refractivity contribution in [3.8, 4) is 0 Å². The lowest BCUT2D eigenvalue weighted by molar-refractivity contribution is 0.0259. The fourth-order valence-electron chi connectivity index (χ4n) is 1.14. The SMILES string of the molecule is CCCCCC(O)C(CO)CO. The van der Waals surface area contributed by atoms with Crippen molar-refractivity contribution in [2.75, 3.05) is 13.2 Å². The van der Waals surface area contributed by atoms with Crippen LogP contribution in [0.15, 0.2) is 0 Å². The topological polar surface area (TPSA) is 60.7 Å². The molecule has 0 spiro atoms. The standard InChI is InChI=1S/C9H20O3/c1-2-3-4-5-9(12)8(6-10)7-11/h8-12H,2-7H2,1H3. The molecule has 0 aromatic heterocycles. The van der Waals surface area contributed by atoms with Crippen LogP contribution >= 0.6 is 0 Å². The first-order valence-corrected chi connectivity index (χ1v) is 4.66. The molecule has 0 fully saturated rings. The van der Waals surface area contributed by atoms with Crippen molar-refractivity contribution in [2.45, 2.75) is 38.7 Å². The van der Waals surface area contributed by atoms with Crippen molar-refractivity contribution in [2.24, 2.45) is 5.92 Å². The molecule has 0 aliphatic rings. The van der Waals surface area contributed by atoms with Crippen molar-refractivity contribution in [1.82, 2.24) is 0 Å². The van der Waals surface area contributed by atoms with Gasteiger partial charge in [0.15, 0.2) is 0 Å². The lowest BCUT2D eigenvalue weighted by atomic mass is 9.99. The summed E-state index contributed by atoms with van der Waals surface area (Å²) in [6, 6.07) is 0. The smallest absolute Gasteiger partial charge is 0.0612 e. The third-order valence-electron chi connectivity index (χ3n) is 2.12. The molecule has 3 nitrogen and oxygen atoms in total. The Morgan fingerprint density at radius 2 is 1.67 bits per heavy atom. The van der Waals surface area contributed by atoms with Crippen molar-refractivity contribution >= 4 is 0 Å². The van der Waals surface area contributed by atoms with E-state index in [1.165, 1.54) is 0 Å². The van der Waals surface area contributed by atoms with Crippen LogP contribution in [0, 0.1) is 5.92 Å². The van der Waals surface area contributed by atoms with Crippen LogP contribution in [0.4, 0.5) is 0 Å². The zero-order valence-corrected chi connectivity index (χ0v) is 7.74. The predicted molar refractivity (Wildman–Crippen MR) is 47.8 cm³/mol. The van der Waals surface area contributed by atoms with E-state index < -0.39 is 6.10 Å². The Bertz CT molecular complexity index is 91.8. The van der Waals surface area contributed by atoms with Gasteiger partial charge >= 0.3 is 0 Å². The minimum atomic E-state index is -0.549. The summed E-state index contributed by atoms with van der Waals surface area (Å²) in [7, 11) is 0. The van der Waals surface area contributed by atoms with E-state index in [0.717, 1.165) is 19.3 Å². The molecule has 0 heterocycles. The van der Waals surface area contributed by atoms with Crippen molar-refractivity contribution in [3.05, 3.63) is 0 Å². The molecule has 3 heteroatoms. The Balaban J connectivity index is 3.47. The van der Waals surface area contributed by atoms with Crippen LogP contribution in [0.5, 0.6) is 0 Å². The van der Waals surface area contributed by atoms with Crippen LogP contribution in [0.25, 0.3) is 0 Å². The van der Waals surface area contributed by atoms with Gasteiger partial charge in [0.25, 0.3) is 0 Å². The molecule has 0 amide bonds. The third kappa shape index (κ3) is 4.70. The second-order valence-electron chi connectivity index (χ2n) is 3.19. The maximum Gasteiger partial charge on any atom is 0.0612 e. The van der Waals surface area contributed by atoms with Crippen molar-refractivity contribution in [3.63, 3.8) is 0 Å². The number of rotatable bonds is 7. The van der Waals surface area contributed by atoms with Gasteiger partial charge in [0.05, 0.1) is 19.3 Å². The van der Waals surface area contributed by atoms with Crippen molar-refractivity contribution < 1.29 is 15.3 Å². The zero-order valence-electron chi connectivity index (χ0n) is 7.74. The van der Waals surface area contributed by atoms with E-state index in [2.05, 4.69) is 6.92 Å². The highest BCUT2D eigenvalue weighted by molar-refractivity contribution is 4.66. The Hall–Kier alpha value is -0.120. The Kier molecular flexibility index (Phi) is 7.45. The zero-order chi connectivity index (χ0) is 9.40. The molecule has 3 N–H and O–H groups in total. The largest absolute Gasteiger partial charge is 0.396 e. The first kappa shape index (κ1) is 11.9. The monoisotopic (exact) mass is 176 g/mol. The van der Waals surface area contributed by atoms with Crippen LogP contribution in [-0.4, -0.2) is 34.6 Å². The number of aliphatic hydroxyl groups excluding tert-OH is 3. The molecule has 0 aliphatic heterocycles. The molecule has 0 aliphatic carbocycles. The van der Waals surface area contributed by atoms with E-state index in [1.807, 2.05) is 0 Å². The molecule has 0 bridgehead atoms. The maximum absolute atomic E-state index is 9.42. The summed E-state index contributed by atoms with van der Waals surface area (Å²) < 4.78 is 0. The molecule has 74 valence electrons. The van der Waals surface area contributed by atoms with Gasteiger partial charge in [-0.2, -0.15) is 0 Å². The average molecular weight is 176 g/mol. The fraction of sp³-hybridized carbons (Fsp3) is 1.00. The van der Waals surface area contributed by atoms with Crippen LogP contribution in [0.3, 0.4) is 0 Å². The number of unbranched alkanes of at least 4 members (excludes halogenated alkanes) is 2. The summed E-state index contributed by atoms with van der Waals surface area (Å²) in [5.41, 5.74) is 0. The fourth-order valence-corrected chi connectivity index (χ4v) is 1.14. The summed E-state index contributed by atoms with van der Waals surface area (Å²) in [5, 5.41) is 26.9. The number of aliphatic hydroxyl groups is 3. The minimum absolute atomic E-state index is 0.135. The van der Waals surface area contributed by atoms with E-state index in [1.54, 1.807) is 0 Å². The Morgan fingerprint density at radius 1 is 1.08 bits per heavy atom. The van der Waals surface area contributed by atoms with Crippen LogP contribution in [0.1, 0.15) is 32.6 Å². The van der Waals surface area contributed by atoms with E-state index >= 15 is 0 Å². The van der Waals surface area contributed by atoms with Gasteiger partial charge in [-0.1, -0.05) is 26.2 Å². The van der Waals surface area contributed by atoms with E-state index in [0.29, 0.717) is 6.42 Å². The lowest BCUT2D eigenvalue weighted by Crippen LogP contribution is -2.26. The lowest BCUT2D eigenvalue weighted by Gasteiger charge is -2.17. The molecule has 1 unspecified atom stereocenters. The predicted octanol–water partition coefficient (Wildman–Crippen LogP) is 0.528. The van der Waals surface area contributed by atoms with Gasteiger partial charge in [-0.3, -0.25) is 0 Å². The summed E-state index contributed by atoms with van der Waals surface area (Å²) in [6.45, 7) is 1.83. The van der Waals surface area contributed by atoms with Gasteiger partial charge in [0, 0.05) is 5.92 Å². The number of hydrogen-bond donors (Lipinski definition) is 3. The van der Waals surface area contributed by atoms with Gasteiger partial charge in [-0.05, 0) is 6.42 Å². The third-order valence-corrected chi connectivity index (χ3v) is 2.12.